The van der Waals surface area contributed by atoms with Crippen LogP contribution in [-0.4, -0.2) is 33.8 Å². The van der Waals surface area contributed by atoms with E-state index < -0.39 is 0 Å². The van der Waals surface area contributed by atoms with Crippen LogP contribution in [0.25, 0.3) is 11.5 Å². The number of hydrogen-bond acceptors (Lipinski definition) is 6. The molecule has 1 amide bonds. The highest BCUT2D eigenvalue weighted by Crippen LogP contribution is 2.25. The van der Waals surface area contributed by atoms with Gasteiger partial charge in [-0.05, 0) is 40.9 Å². The first-order valence-electron chi connectivity index (χ1n) is 7.41. The molecule has 0 saturated carbocycles. The monoisotopic (exact) mass is 359 g/mol. The number of carbonyl (C=O) groups is 1. The van der Waals surface area contributed by atoms with E-state index in [2.05, 4.69) is 10.2 Å². The third-order valence-corrected chi connectivity index (χ3v) is 5.06. The Labute approximate surface area is 148 Å². The topological polar surface area (TPSA) is 59.2 Å². The SMILES string of the molecule is Cc1ccccc1-c1nnc(SCC(=O)N(C)Cc2ccsc2)o1. The van der Waals surface area contributed by atoms with Crippen LogP contribution in [0.1, 0.15) is 11.1 Å². The molecule has 5 nitrogen and oxygen atoms in total. The molecule has 0 radical (unpaired) electrons. The van der Waals surface area contributed by atoms with Crippen LogP contribution in [0.2, 0.25) is 0 Å². The zero-order valence-electron chi connectivity index (χ0n) is 13.4. The summed E-state index contributed by atoms with van der Waals surface area (Å²) in [4.78, 5) is 13.9. The van der Waals surface area contributed by atoms with Crippen LogP contribution >= 0.6 is 23.1 Å². The van der Waals surface area contributed by atoms with E-state index in [9.17, 15) is 4.79 Å². The Morgan fingerprint density at radius 3 is 2.88 bits per heavy atom. The number of rotatable bonds is 6. The van der Waals surface area contributed by atoms with Gasteiger partial charge in [0.15, 0.2) is 0 Å². The summed E-state index contributed by atoms with van der Waals surface area (Å²) in [7, 11) is 1.80. The van der Waals surface area contributed by atoms with E-state index in [0.717, 1.165) is 16.7 Å². The van der Waals surface area contributed by atoms with Gasteiger partial charge in [0.1, 0.15) is 0 Å². The van der Waals surface area contributed by atoms with Gasteiger partial charge in [0.2, 0.25) is 11.8 Å². The number of thiophene rings is 1. The second-order valence-electron chi connectivity index (χ2n) is 5.36. The third-order valence-electron chi connectivity index (χ3n) is 3.53. The Kier molecular flexibility index (Phi) is 5.32. The Morgan fingerprint density at radius 2 is 2.12 bits per heavy atom. The molecule has 0 aliphatic rings. The van der Waals surface area contributed by atoms with Crippen LogP contribution in [0.5, 0.6) is 0 Å². The Hall–Kier alpha value is -2.12. The third kappa shape index (κ3) is 4.04. The molecule has 24 heavy (non-hydrogen) atoms. The Morgan fingerprint density at radius 1 is 1.29 bits per heavy atom. The normalized spacial score (nSPS) is 10.8. The molecule has 0 unspecified atom stereocenters. The number of benzene rings is 1. The van der Waals surface area contributed by atoms with Gasteiger partial charge in [0.25, 0.3) is 5.22 Å². The second-order valence-corrected chi connectivity index (χ2v) is 7.06. The molecule has 2 aromatic heterocycles. The van der Waals surface area contributed by atoms with E-state index in [4.69, 9.17) is 4.42 Å². The summed E-state index contributed by atoms with van der Waals surface area (Å²) in [6.45, 7) is 2.61. The summed E-state index contributed by atoms with van der Waals surface area (Å²) in [6.07, 6.45) is 0. The van der Waals surface area contributed by atoms with E-state index in [-0.39, 0.29) is 11.7 Å². The number of amides is 1. The molecule has 124 valence electrons. The fraction of sp³-hybridized carbons (Fsp3) is 0.235. The van der Waals surface area contributed by atoms with Gasteiger partial charge in [-0.15, -0.1) is 10.2 Å². The van der Waals surface area contributed by atoms with Gasteiger partial charge in [0.05, 0.1) is 5.75 Å². The first-order chi connectivity index (χ1) is 11.6. The molecule has 0 spiro atoms. The minimum absolute atomic E-state index is 0.0295. The highest BCUT2D eigenvalue weighted by atomic mass is 32.2. The lowest BCUT2D eigenvalue weighted by molar-refractivity contribution is -0.127. The van der Waals surface area contributed by atoms with Crippen molar-refractivity contribution in [2.45, 2.75) is 18.7 Å². The smallest absolute Gasteiger partial charge is 0.277 e. The highest BCUT2D eigenvalue weighted by molar-refractivity contribution is 7.99. The van der Waals surface area contributed by atoms with Crippen LogP contribution < -0.4 is 0 Å². The maximum atomic E-state index is 12.2. The van der Waals surface area contributed by atoms with Crippen LogP contribution in [0.3, 0.4) is 0 Å². The van der Waals surface area contributed by atoms with Crippen LogP contribution in [0.15, 0.2) is 50.7 Å². The van der Waals surface area contributed by atoms with Crippen LogP contribution in [0.4, 0.5) is 0 Å². The van der Waals surface area contributed by atoms with Crippen molar-refractivity contribution in [2.24, 2.45) is 0 Å². The average Bonchev–Trinajstić information content (AvgIpc) is 3.24. The van der Waals surface area contributed by atoms with Gasteiger partial charge in [-0.25, -0.2) is 0 Å². The first kappa shape index (κ1) is 16.7. The highest BCUT2D eigenvalue weighted by Gasteiger charge is 2.15. The largest absolute Gasteiger partial charge is 0.411 e. The van der Waals surface area contributed by atoms with Crippen molar-refractivity contribution in [1.29, 1.82) is 0 Å². The van der Waals surface area contributed by atoms with Crippen molar-refractivity contribution in [3.05, 3.63) is 52.2 Å². The van der Waals surface area contributed by atoms with E-state index in [1.54, 1.807) is 23.3 Å². The average molecular weight is 359 g/mol. The molecule has 0 aliphatic carbocycles. The van der Waals surface area contributed by atoms with Crippen molar-refractivity contribution in [2.75, 3.05) is 12.8 Å². The van der Waals surface area contributed by atoms with Crippen molar-refractivity contribution in [3.8, 4) is 11.5 Å². The summed E-state index contributed by atoms with van der Waals surface area (Å²) in [6, 6.07) is 9.86. The molecular weight excluding hydrogens is 342 g/mol. The lowest BCUT2D eigenvalue weighted by Gasteiger charge is -2.15. The molecule has 0 aliphatic heterocycles. The van der Waals surface area contributed by atoms with Crippen LogP contribution in [0, 0.1) is 6.92 Å². The molecule has 7 heteroatoms. The molecule has 3 rings (SSSR count). The summed E-state index contributed by atoms with van der Waals surface area (Å²) in [5, 5.41) is 12.5. The lowest BCUT2D eigenvalue weighted by atomic mass is 10.1. The predicted molar refractivity (Wildman–Crippen MR) is 96.0 cm³/mol. The molecule has 1 aromatic carbocycles. The maximum absolute atomic E-state index is 12.2. The van der Waals surface area contributed by atoms with Crippen molar-refractivity contribution >= 4 is 29.0 Å². The summed E-state index contributed by atoms with van der Waals surface area (Å²) in [5.41, 5.74) is 3.13. The number of aromatic nitrogens is 2. The van der Waals surface area contributed by atoms with Crippen LogP contribution in [-0.2, 0) is 11.3 Å². The Bertz CT molecular complexity index is 815. The number of thioether (sulfide) groups is 1. The Balaban J connectivity index is 1.57. The van der Waals surface area contributed by atoms with Crippen molar-refractivity contribution in [3.63, 3.8) is 0 Å². The van der Waals surface area contributed by atoms with Crippen molar-refractivity contribution < 1.29 is 9.21 Å². The van der Waals surface area contributed by atoms with Gasteiger partial charge in [-0.1, -0.05) is 30.0 Å². The number of nitrogens with zero attached hydrogens (tertiary/aromatic N) is 3. The quantitative estimate of drug-likeness (QED) is 0.626. The second kappa shape index (κ2) is 7.63. The van der Waals surface area contributed by atoms with E-state index >= 15 is 0 Å². The van der Waals surface area contributed by atoms with E-state index in [1.807, 2.05) is 48.0 Å². The fourth-order valence-electron chi connectivity index (χ4n) is 2.17. The zero-order chi connectivity index (χ0) is 16.9. The minimum atomic E-state index is 0.0295. The molecule has 3 aromatic rings. The number of carbonyl (C=O) groups excluding carboxylic acids is 1. The standard InChI is InChI=1S/C17H17N3O2S2/c1-12-5-3-4-6-14(12)16-18-19-17(22-16)24-11-15(21)20(2)9-13-7-8-23-10-13/h3-8,10H,9,11H2,1-2H3. The molecule has 0 bridgehead atoms. The first-order valence-corrected chi connectivity index (χ1v) is 9.33. The van der Waals surface area contributed by atoms with Gasteiger partial charge in [-0.2, -0.15) is 11.3 Å². The zero-order valence-corrected chi connectivity index (χ0v) is 15.1. The minimum Gasteiger partial charge on any atom is -0.411 e. The molecule has 0 atom stereocenters. The van der Waals surface area contributed by atoms with Gasteiger partial charge < -0.3 is 9.32 Å². The molecule has 0 N–H and O–H groups in total. The van der Waals surface area contributed by atoms with Gasteiger partial charge >= 0.3 is 0 Å². The summed E-state index contributed by atoms with van der Waals surface area (Å²) < 4.78 is 5.66. The summed E-state index contributed by atoms with van der Waals surface area (Å²) >= 11 is 2.89. The molecule has 0 fully saturated rings. The number of hydrogen-bond donors (Lipinski definition) is 0. The van der Waals surface area contributed by atoms with Crippen molar-refractivity contribution in [1.82, 2.24) is 15.1 Å². The lowest BCUT2D eigenvalue weighted by Crippen LogP contribution is -2.27. The van der Waals surface area contributed by atoms with Gasteiger partial charge in [-0.3, -0.25) is 4.79 Å². The number of aryl methyl sites for hydroxylation is 1. The fourth-order valence-corrected chi connectivity index (χ4v) is 3.53. The predicted octanol–water partition coefficient (Wildman–Crippen LogP) is 3.86. The molecule has 0 saturated heterocycles. The van der Waals surface area contributed by atoms with E-state index in [1.165, 1.54) is 11.8 Å². The maximum Gasteiger partial charge on any atom is 0.277 e. The molecular formula is C17H17N3O2S2. The molecule has 2 heterocycles. The summed E-state index contributed by atoms with van der Waals surface area (Å²) in [5.74, 6) is 0.785. The van der Waals surface area contributed by atoms with Gasteiger partial charge in [0, 0.05) is 19.2 Å². The van der Waals surface area contributed by atoms with E-state index in [0.29, 0.717) is 17.7 Å².